The fraction of sp³-hybridized carbons (Fsp3) is 0.294. The van der Waals surface area contributed by atoms with Gasteiger partial charge in [-0.05, 0) is 36.1 Å². The normalized spacial score (nSPS) is 16.3. The Morgan fingerprint density at radius 2 is 2.00 bits per heavy atom. The lowest BCUT2D eigenvalue weighted by Gasteiger charge is -2.33. The number of nitrogens with one attached hydrogen (secondary N) is 1. The number of nitrogens with zero attached hydrogens (tertiary/aromatic N) is 3. The standard InChI is InChI=1S/C17H18N4O3S2/c1-12-4-10-25-15(12)17(22)20-6-8-21(9-7-20)26(23,24)14-11-19-16-13(14)3-2-5-18-16/h2-5,10-11H,6-9H2,1H3,(H,18,19). The van der Waals surface area contributed by atoms with Gasteiger partial charge in [0.05, 0.1) is 4.88 Å². The zero-order chi connectivity index (χ0) is 18.3. The van der Waals surface area contributed by atoms with Crippen molar-refractivity contribution in [2.45, 2.75) is 11.8 Å². The smallest absolute Gasteiger partial charge is 0.264 e. The highest BCUT2D eigenvalue weighted by atomic mass is 32.2. The van der Waals surface area contributed by atoms with Gasteiger partial charge in [-0.15, -0.1) is 11.3 Å². The maximum Gasteiger partial charge on any atom is 0.264 e. The van der Waals surface area contributed by atoms with E-state index in [0.717, 1.165) is 10.4 Å². The van der Waals surface area contributed by atoms with Crippen molar-refractivity contribution in [2.24, 2.45) is 0 Å². The molecule has 3 aromatic heterocycles. The fourth-order valence-corrected chi connectivity index (χ4v) is 5.62. The second kappa shape index (κ2) is 6.49. The molecular weight excluding hydrogens is 372 g/mol. The molecule has 3 aromatic rings. The topological polar surface area (TPSA) is 86.4 Å². The maximum atomic E-state index is 13.0. The van der Waals surface area contributed by atoms with E-state index in [-0.39, 0.29) is 23.9 Å². The predicted molar refractivity (Wildman–Crippen MR) is 99.8 cm³/mol. The zero-order valence-electron chi connectivity index (χ0n) is 14.2. The number of rotatable bonds is 3. The highest BCUT2D eigenvalue weighted by molar-refractivity contribution is 7.89. The average molecular weight is 390 g/mol. The Bertz CT molecular complexity index is 1060. The summed E-state index contributed by atoms with van der Waals surface area (Å²) in [6, 6.07) is 5.38. The lowest BCUT2D eigenvalue weighted by atomic mass is 10.2. The molecule has 0 bridgehead atoms. The number of fused-ring (bicyclic) bond motifs is 1. The minimum Gasteiger partial charge on any atom is -0.345 e. The molecule has 4 heterocycles. The zero-order valence-corrected chi connectivity index (χ0v) is 15.8. The Morgan fingerprint density at radius 1 is 1.23 bits per heavy atom. The van der Waals surface area contributed by atoms with E-state index in [1.165, 1.54) is 21.8 Å². The van der Waals surface area contributed by atoms with Crippen LogP contribution in [0.1, 0.15) is 15.2 Å². The SMILES string of the molecule is Cc1ccsc1C(=O)N1CCN(S(=O)(=O)c2c[nH]c3ncccc23)CC1. The van der Waals surface area contributed by atoms with Crippen LogP contribution in [0.4, 0.5) is 0 Å². The molecule has 0 atom stereocenters. The van der Waals surface area contributed by atoms with Crippen molar-refractivity contribution in [1.82, 2.24) is 19.2 Å². The van der Waals surface area contributed by atoms with E-state index >= 15 is 0 Å². The maximum absolute atomic E-state index is 13.0. The number of carbonyl (C=O) groups excluding carboxylic acids is 1. The van der Waals surface area contributed by atoms with Crippen molar-refractivity contribution in [3.63, 3.8) is 0 Å². The van der Waals surface area contributed by atoms with Crippen molar-refractivity contribution in [2.75, 3.05) is 26.2 Å². The Labute approximate surface area is 155 Å². The number of hydrogen-bond acceptors (Lipinski definition) is 5. The molecule has 7 nitrogen and oxygen atoms in total. The highest BCUT2D eigenvalue weighted by Gasteiger charge is 2.32. The molecule has 1 aliphatic rings. The van der Waals surface area contributed by atoms with E-state index in [1.807, 2.05) is 18.4 Å². The quantitative estimate of drug-likeness (QED) is 0.742. The first kappa shape index (κ1) is 17.2. The van der Waals surface area contributed by atoms with Crippen LogP contribution in [0.3, 0.4) is 0 Å². The second-order valence-corrected chi connectivity index (χ2v) is 9.00. The summed E-state index contributed by atoms with van der Waals surface area (Å²) in [5, 5.41) is 2.48. The molecule has 0 radical (unpaired) electrons. The Kier molecular flexibility index (Phi) is 4.29. The van der Waals surface area contributed by atoms with Gasteiger partial charge in [-0.2, -0.15) is 4.31 Å². The molecule has 1 fully saturated rings. The highest BCUT2D eigenvalue weighted by Crippen LogP contribution is 2.26. The minimum absolute atomic E-state index is 0.0224. The number of aromatic amines is 1. The number of H-pyrrole nitrogens is 1. The Hall–Kier alpha value is -2.23. The van der Waals surface area contributed by atoms with Gasteiger partial charge >= 0.3 is 0 Å². The van der Waals surface area contributed by atoms with Gasteiger partial charge in [0.25, 0.3) is 5.91 Å². The van der Waals surface area contributed by atoms with Crippen LogP contribution in [0.25, 0.3) is 11.0 Å². The van der Waals surface area contributed by atoms with Gasteiger partial charge in [-0.25, -0.2) is 13.4 Å². The van der Waals surface area contributed by atoms with Crippen LogP contribution in [-0.2, 0) is 10.0 Å². The number of hydrogen-bond donors (Lipinski definition) is 1. The van der Waals surface area contributed by atoms with Gasteiger partial charge in [-0.1, -0.05) is 0 Å². The van der Waals surface area contributed by atoms with Gasteiger partial charge in [-0.3, -0.25) is 4.79 Å². The third-order valence-corrected chi connectivity index (χ3v) is 7.56. The van der Waals surface area contributed by atoms with Crippen molar-refractivity contribution in [3.8, 4) is 0 Å². The molecule has 1 amide bonds. The van der Waals surface area contributed by atoms with E-state index in [1.54, 1.807) is 23.2 Å². The van der Waals surface area contributed by atoms with E-state index in [9.17, 15) is 13.2 Å². The summed E-state index contributed by atoms with van der Waals surface area (Å²) in [4.78, 5) is 22.3. The minimum atomic E-state index is -3.63. The molecule has 136 valence electrons. The number of aromatic nitrogens is 2. The molecule has 0 saturated carbocycles. The molecular formula is C17H18N4O3S2. The van der Waals surface area contributed by atoms with Gasteiger partial charge in [0, 0.05) is 44.0 Å². The summed E-state index contributed by atoms with van der Waals surface area (Å²) in [5.41, 5.74) is 1.51. The summed E-state index contributed by atoms with van der Waals surface area (Å²) < 4.78 is 27.4. The number of carbonyl (C=O) groups is 1. The molecule has 9 heteroatoms. The van der Waals surface area contributed by atoms with Gasteiger partial charge in [0.1, 0.15) is 10.5 Å². The molecule has 0 spiro atoms. The van der Waals surface area contributed by atoms with Crippen molar-refractivity contribution < 1.29 is 13.2 Å². The molecule has 1 aliphatic heterocycles. The average Bonchev–Trinajstić information content (AvgIpc) is 3.27. The Morgan fingerprint density at radius 3 is 2.69 bits per heavy atom. The summed E-state index contributed by atoms with van der Waals surface area (Å²) in [5.74, 6) is -0.0224. The molecule has 0 aliphatic carbocycles. The summed E-state index contributed by atoms with van der Waals surface area (Å²) in [6.07, 6.45) is 3.10. The van der Waals surface area contributed by atoms with E-state index < -0.39 is 10.0 Å². The number of amides is 1. The predicted octanol–water partition coefficient (Wildman–Crippen LogP) is 2.08. The first-order valence-electron chi connectivity index (χ1n) is 8.24. The van der Waals surface area contributed by atoms with Crippen molar-refractivity contribution in [1.29, 1.82) is 0 Å². The lowest BCUT2D eigenvalue weighted by Crippen LogP contribution is -2.50. The molecule has 0 aromatic carbocycles. The fourth-order valence-electron chi connectivity index (χ4n) is 3.15. The van der Waals surface area contributed by atoms with Crippen LogP contribution in [0.5, 0.6) is 0 Å². The number of piperazine rings is 1. The van der Waals surface area contributed by atoms with E-state index in [2.05, 4.69) is 9.97 Å². The van der Waals surface area contributed by atoms with Crippen molar-refractivity contribution in [3.05, 3.63) is 46.4 Å². The van der Waals surface area contributed by atoms with Gasteiger partial charge < -0.3 is 9.88 Å². The number of pyridine rings is 1. The Balaban J connectivity index is 1.52. The summed E-state index contributed by atoms with van der Waals surface area (Å²) >= 11 is 1.42. The van der Waals surface area contributed by atoms with Crippen LogP contribution in [0.2, 0.25) is 0 Å². The van der Waals surface area contributed by atoms with Crippen molar-refractivity contribution >= 4 is 38.3 Å². The largest absolute Gasteiger partial charge is 0.345 e. The van der Waals surface area contributed by atoms with Crippen LogP contribution in [0.15, 0.2) is 40.9 Å². The monoisotopic (exact) mass is 390 g/mol. The first-order valence-corrected chi connectivity index (χ1v) is 10.6. The number of sulfonamides is 1. The first-order chi connectivity index (χ1) is 12.5. The third kappa shape index (κ3) is 2.81. The second-order valence-electron chi connectivity index (χ2n) is 6.18. The van der Waals surface area contributed by atoms with Crippen LogP contribution < -0.4 is 0 Å². The molecule has 1 N–H and O–H groups in total. The molecule has 1 saturated heterocycles. The molecule has 0 unspecified atom stereocenters. The molecule has 26 heavy (non-hydrogen) atoms. The van der Waals surface area contributed by atoms with Crippen LogP contribution in [-0.4, -0.2) is 59.7 Å². The number of aryl methyl sites for hydroxylation is 1. The van der Waals surface area contributed by atoms with Crippen LogP contribution in [0, 0.1) is 6.92 Å². The molecule has 4 rings (SSSR count). The van der Waals surface area contributed by atoms with Crippen LogP contribution >= 0.6 is 11.3 Å². The van der Waals surface area contributed by atoms with E-state index in [4.69, 9.17) is 0 Å². The van der Waals surface area contributed by atoms with Gasteiger partial charge in [0.15, 0.2) is 0 Å². The summed E-state index contributed by atoms with van der Waals surface area (Å²) in [6.45, 7) is 3.25. The third-order valence-electron chi connectivity index (χ3n) is 4.61. The lowest BCUT2D eigenvalue weighted by molar-refractivity contribution is 0.0702. The van der Waals surface area contributed by atoms with Gasteiger partial charge in [0.2, 0.25) is 10.0 Å². The number of thiophene rings is 1. The van der Waals surface area contributed by atoms with E-state index in [0.29, 0.717) is 24.1 Å². The summed E-state index contributed by atoms with van der Waals surface area (Å²) in [7, 11) is -3.63.